The van der Waals surface area contributed by atoms with E-state index in [2.05, 4.69) is 0 Å². The van der Waals surface area contributed by atoms with Gasteiger partial charge in [0.05, 0.1) is 6.54 Å². The molecule has 0 aromatic carbocycles. The summed E-state index contributed by atoms with van der Waals surface area (Å²) in [6, 6.07) is 0. The highest BCUT2D eigenvalue weighted by atomic mass is 32.2. The number of thioether (sulfide) groups is 1. The molecule has 0 aromatic rings. The Bertz CT molecular complexity index is 394. The van der Waals surface area contributed by atoms with E-state index >= 15 is 0 Å². The molecule has 108 valence electrons. The van der Waals surface area contributed by atoms with E-state index < -0.39 is 5.60 Å². The summed E-state index contributed by atoms with van der Waals surface area (Å²) in [7, 11) is 0. The fourth-order valence-electron chi connectivity index (χ4n) is 2.64. The molecule has 2 aliphatic heterocycles. The average molecular weight is 286 g/mol. The van der Waals surface area contributed by atoms with Gasteiger partial charge in [-0.05, 0) is 27.2 Å². The molecule has 0 aliphatic carbocycles. The third-order valence-corrected chi connectivity index (χ3v) is 4.90. The molecule has 2 rings (SSSR count). The number of ether oxygens (including phenoxy) is 1. The largest absolute Gasteiger partial charge is 0.444 e. The van der Waals surface area contributed by atoms with Crippen molar-refractivity contribution in [3.63, 3.8) is 0 Å². The lowest BCUT2D eigenvalue weighted by molar-refractivity contribution is -0.131. The van der Waals surface area contributed by atoms with E-state index in [-0.39, 0.29) is 16.9 Å². The van der Waals surface area contributed by atoms with Gasteiger partial charge in [0.1, 0.15) is 10.5 Å². The molecule has 19 heavy (non-hydrogen) atoms. The van der Waals surface area contributed by atoms with Crippen molar-refractivity contribution in [2.45, 2.75) is 44.6 Å². The van der Waals surface area contributed by atoms with Crippen molar-refractivity contribution in [3.8, 4) is 0 Å². The summed E-state index contributed by atoms with van der Waals surface area (Å²) in [5, 5.41) is 0. The predicted molar refractivity (Wildman–Crippen MR) is 75.0 cm³/mol. The van der Waals surface area contributed by atoms with Crippen LogP contribution in [0.15, 0.2) is 0 Å². The van der Waals surface area contributed by atoms with E-state index in [1.807, 2.05) is 25.7 Å². The summed E-state index contributed by atoms with van der Waals surface area (Å²) in [6.45, 7) is 9.21. The lowest BCUT2D eigenvalue weighted by Crippen LogP contribution is -2.47. The summed E-state index contributed by atoms with van der Waals surface area (Å²) in [6.07, 6.45) is 0.552. The summed E-state index contributed by atoms with van der Waals surface area (Å²) in [5.41, 5.74) is -0.476. The van der Waals surface area contributed by atoms with Crippen LogP contribution in [0, 0.1) is 0 Å². The summed E-state index contributed by atoms with van der Waals surface area (Å²) in [5.74, 6) is 1.04. The second-order valence-corrected chi connectivity index (χ2v) is 7.57. The van der Waals surface area contributed by atoms with Crippen LogP contribution < -0.4 is 0 Å². The Kier molecular flexibility index (Phi) is 3.73. The number of nitrogens with zero attached hydrogens (tertiary/aromatic N) is 2. The smallest absolute Gasteiger partial charge is 0.410 e. The number of carbonyl (C=O) groups excluding carboxylic acids is 2. The van der Waals surface area contributed by atoms with Gasteiger partial charge >= 0.3 is 6.09 Å². The fourth-order valence-corrected chi connectivity index (χ4v) is 4.15. The molecule has 1 unspecified atom stereocenters. The highest BCUT2D eigenvalue weighted by Crippen LogP contribution is 2.43. The zero-order chi connectivity index (χ0) is 14.3. The SMILES string of the molecule is CC(=O)N1CCSC12CCN(C(=O)OC(C)(C)C)C2. The third kappa shape index (κ3) is 2.99. The Hall–Kier alpha value is -0.910. The second-order valence-electron chi connectivity index (χ2n) is 6.12. The van der Waals surface area contributed by atoms with Gasteiger partial charge in [-0.15, -0.1) is 11.8 Å². The van der Waals surface area contributed by atoms with Gasteiger partial charge in [0.15, 0.2) is 0 Å². The molecule has 2 heterocycles. The minimum Gasteiger partial charge on any atom is -0.444 e. The number of carbonyl (C=O) groups is 2. The number of amides is 2. The monoisotopic (exact) mass is 286 g/mol. The van der Waals surface area contributed by atoms with E-state index in [1.54, 1.807) is 23.6 Å². The maximum absolute atomic E-state index is 12.1. The summed E-state index contributed by atoms with van der Waals surface area (Å²) >= 11 is 1.78. The predicted octanol–water partition coefficient (Wildman–Crippen LogP) is 1.92. The minimum atomic E-state index is -0.476. The highest BCUT2D eigenvalue weighted by molar-refractivity contribution is 8.00. The normalized spacial score (nSPS) is 27.2. The first-order valence-corrected chi connectivity index (χ1v) is 7.62. The third-order valence-electron chi connectivity index (χ3n) is 3.42. The van der Waals surface area contributed by atoms with Gasteiger partial charge in [-0.3, -0.25) is 4.79 Å². The molecule has 0 radical (unpaired) electrons. The molecule has 1 spiro atoms. The van der Waals surface area contributed by atoms with Crippen molar-refractivity contribution in [2.24, 2.45) is 0 Å². The maximum Gasteiger partial charge on any atom is 0.410 e. The Balaban J connectivity index is 2.03. The van der Waals surface area contributed by atoms with Crippen molar-refractivity contribution in [3.05, 3.63) is 0 Å². The van der Waals surface area contributed by atoms with E-state index in [9.17, 15) is 9.59 Å². The molecule has 2 saturated heterocycles. The Morgan fingerprint density at radius 3 is 2.53 bits per heavy atom. The van der Waals surface area contributed by atoms with Crippen LogP contribution in [0.5, 0.6) is 0 Å². The molecule has 0 aromatic heterocycles. The van der Waals surface area contributed by atoms with Crippen LogP contribution in [0.2, 0.25) is 0 Å². The zero-order valence-electron chi connectivity index (χ0n) is 12.1. The van der Waals surface area contributed by atoms with Crippen molar-refractivity contribution < 1.29 is 14.3 Å². The van der Waals surface area contributed by atoms with Crippen molar-refractivity contribution in [1.82, 2.24) is 9.80 Å². The molecular formula is C13H22N2O3S. The molecule has 2 aliphatic rings. The Labute approximate surface area is 118 Å². The van der Waals surface area contributed by atoms with E-state index in [4.69, 9.17) is 4.74 Å². The van der Waals surface area contributed by atoms with Crippen LogP contribution in [0.1, 0.15) is 34.1 Å². The Morgan fingerprint density at radius 2 is 1.95 bits per heavy atom. The van der Waals surface area contributed by atoms with E-state index in [0.29, 0.717) is 13.1 Å². The van der Waals surface area contributed by atoms with Crippen LogP contribution >= 0.6 is 11.8 Å². The molecule has 1 atom stereocenters. The molecule has 0 N–H and O–H groups in total. The first-order valence-electron chi connectivity index (χ1n) is 6.64. The fraction of sp³-hybridized carbons (Fsp3) is 0.846. The number of rotatable bonds is 0. The van der Waals surface area contributed by atoms with Crippen LogP contribution in [0.3, 0.4) is 0 Å². The molecule has 2 fully saturated rings. The second kappa shape index (κ2) is 4.89. The van der Waals surface area contributed by atoms with E-state index in [0.717, 1.165) is 18.7 Å². The first kappa shape index (κ1) is 14.5. The maximum atomic E-state index is 12.1. The van der Waals surface area contributed by atoms with Gasteiger partial charge in [0.25, 0.3) is 0 Å². The van der Waals surface area contributed by atoms with Crippen molar-refractivity contribution in [1.29, 1.82) is 0 Å². The molecule has 2 amide bonds. The van der Waals surface area contributed by atoms with Gasteiger partial charge in [-0.2, -0.15) is 0 Å². The van der Waals surface area contributed by atoms with Crippen LogP contribution in [0.25, 0.3) is 0 Å². The van der Waals surface area contributed by atoms with Gasteiger partial charge in [-0.25, -0.2) is 4.79 Å². The van der Waals surface area contributed by atoms with Gasteiger partial charge in [0.2, 0.25) is 5.91 Å². The quantitative estimate of drug-likeness (QED) is 0.682. The van der Waals surface area contributed by atoms with Crippen LogP contribution in [0.4, 0.5) is 4.79 Å². The first-order chi connectivity index (χ1) is 8.73. The van der Waals surface area contributed by atoms with Gasteiger partial charge in [0, 0.05) is 25.8 Å². The molecular weight excluding hydrogens is 264 g/mol. The highest BCUT2D eigenvalue weighted by Gasteiger charge is 2.49. The van der Waals surface area contributed by atoms with Gasteiger partial charge < -0.3 is 14.5 Å². The number of hydrogen-bond acceptors (Lipinski definition) is 4. The number of hydrogen-bond donors (Lipinski definition) is 0. The lowest BCUT2D eigenvalue weighted by Gasteiger charge is -2.33. The Morgan fingerprint density at radius 1 is 1.26 bits per heavy atom. The van der Waals surface area contributed by atoms with Crippen molar-refractivity contribution >= 4 is 23.8 Å². The summed E-state index contributed by atoms with van der Waals surface area (Å²) in [4.78, 5) is 27.2. The van der Waals surface area contributed by atoms with Gasteiger partial charge in [-0.1, -0.05) is 0 Å². The topological polar surface area (TPSA) is 49.9 Å². The molecule has 5 nitrogen and oxygen atoms in total. The lowest BCUT2D eigenvalue weighted by atomic mass is 10.2. The number of likely N-dealkylation sites (tertiary alicyclic amines) is 1. The standard InChI is InChI=1S/C13H22N2O3S/c1-10(16)15-7-8-19-13(15)5-6-14(9-13)11(17)18-12(2,3)4/h5-9H2,1-4H3. The minimum absolute atomic E-state index is 0.0936. The molecule has 0 saturated carbocycles. The van der Waals surface area contributed by atoms with Crippen LogP contribution in [-0.2, 0) is 9.53 Å². The van der Waals surface area contributed by atoms with Crippen molar-refractivity contribution in [2.75, 3.05) is 25.4 Å². The van der Waals surface area contributed by atoms with Crippen LogP contribution in [-0.4, -0.2) is 57.7 Å². The molecule has 0 bridgehead atoms. The average Bonchev–Trinajstić information content (AvgIpc) is 2.84. The van der Waals surface area contributed by atoms with E-state index in [1.165, 1.54) is 0 Å². The molecule has 6 heteroatoms. The zero-order valence-corrected chi connectivity index (χ0v) is 12.9. The summed E-state index contributed by atoms with van der Waals surface area (Å²) < 4.78 is 5.39.